The Labute approximate surface area is 122 Å². The first-order valence-corrected chi connectivity index (χ1v) is 7.32. The van der Waals surface area contributed by atoms with E-state index in [4.69, 9.17) is 15.2 Å². The summed E-state index contributed by atoms with van der Waals surface area (Å²) in [6.07, 6.45) is 0. The Morgan fingerprint density at radius 2 is 2.05 bits per heavy atom. The molecular weight excluding hydrogens is 252 g/mol. The van der Waals surface area contributed by atoms with E-state index in [1.54, 1.807) is 7.11 Å². The molecular formula is C16H28N2O2. The average molecular weight is 280 g/mol. The molecule has 114 valence electrons. The third-order valence-electron chi connectivity index (χ3n) is 3.44. The zero-order valence-electron chi connectivity index (χ0n) is 13.2. The normalized spacial score (nSPS) is 12.7. The first-order chi connectivity index (χ1) is 9.62. The van der Waals surface area contributed by atoms with Crippen LogP contribution in [0.2, 0.25) is 0 Å². The minimum absolute atomic E-state index is 0.0496. The van der Waals surface area contributed by atoms with Crippen LogP contribution in [0.15, 0.2) is 18.2 Å². The zero-order chi connectivity index (χ0) is 15.0. The lowest BCUT2D eigenvalue weighted by Crippen LogP contribution is -2.34. The van der Waals surface area contributed by atoms with E-state index < -0.39 is 0 Å². The number of aryl methyl sites for hydroxylation is 1. The fraction of sp³-hybridized carbons (Fsp3) is 0.625. The number of nitrogens with two attached hydrogens (primary N) is 1. The molecule has 1 aromatic rings. The van der Waals surface area contributed by atoms with Gasteiger partial charge in [-0.1, -0.05) is 24.6 Å². The highest BCUT2D eigenvalue weighted by Gasteiger charge is 2.15. The second kappa shape index (κ2) is 8.95. The smallest absolute Gasteiger partial charge is 0.123 e. The molecule has 0 fully saturated rings. The van der Waals surface area contributed by atoms with Crippen molar-refractivity contribution in [1.82, 2.24) is 4.90 Å². The van der Waals surface area contributed by atoms with Gasteiger partial charge in [0.25, 0.3) is 0 Å². The molecule has 1 aromatic carbocycles. The summed E-state index contributed by atoms with van der Waals surface area (Å²) in [7, 11) is 1.69. The fourth-order valence-corrected chi connectivity index (χ4v) is 2.24. The summed E-state index contributed by atoms with van der Waals surface area (Å²) in [5.74, 6) is 0.865. The number of benzene rings is 1. The summed E-state index contributed by atoms with van der Waals surface area (Å²) in [6.45, 7) is 10.4. The first kappa shape index (κ1) is 17.0. The molecule has 0 radical (unpaired) electrons. The molecule has 0 aliphatic rings. The second-order valence-electron chi connectivity index (χ2n) is 4.94. The second-order valence-corrected chi connectivity index (χ2v) is 4.94. The minimum atomic E-state index is -0.0496. The van der Waals surface area contributed by atoms with Gasteiger partial charge in [0.1, 0.15) is 5.75 Å². The van der Waals surface area contributed by atoms with Crippen molar-refractivity contribution in [3.63, 3.8) is 0 Å². The fourth-order valence-electron chi connectivity index (χ4n) is 2.24. The predicted octanol–water partition coefficient (Wildman–Crippen LogP) is 2.36. The quantitative estimate of drug-likeness (QED) is 0.705. The Hall–Kier alpha value is -1.10. The Balaban J connectivity index is 2.68. The van der Waals surface area contributed by atoms with Crippen molar-refractivity contribution in [2.75, 3.05) is 40.0 Å². The third-order valence-corrected chi connectivity index (χ3v) is 3.44. The number of likely N-dealkylation sites (N-methyl/N-ethyl adjacent to an activating group) is 1. The van der Waals surface area contributed by atoms with Crippen molar-refractivity contribution in [2.24, 2.45) is 5.73 Å². The highest BCUT2D eigenvalue weighted by molar-refractivity contribution is 5.39. The molecule has 1 atom stereocenters. The van der Waals surface area contributed by atoms with Gasteiger partial charge in [-0.05, 0) is 26.5 Å². The maximum Gasteiger partial charge on any atom is 0.123 e. The molecule has 0 saturated heterocycles. The van der Waals surface area contributed by atoms with Crippen molar-refractivity contribution in [3.05, 3.63) is 29.3 Å². The third kappa shape index (κ3) is 5.12. The molecule has 0 bridgehead atoms. The molecule has 0 aliphatic carbocycles. The highest BCUT2D eigenvalue weighted by Crippen LogP contribution is 2.25. The molecule has 4 nitrogen and oxygen atoms in total. The molecule has 1 rings (SSSR count). The number of ether oxygens (including phenoxy) is 2. The van der Waals surface area contributed by atoms with E-state index in [1.807, 2.05) is 19.1 Å². The minimum Gasteiger partial charge on any atom is -0.496 e. The number of hydrogen-bond donors (Lipinski definition) is 1. The molecule has 0 heterocycles. The number of methoxy groups -OCH3 is 1. The van der Waals surface area contributed by atoms with E-state index in [0.29, 0.717) is 0 Å². The number of hydrogen-bond acceptors (Lipinski definition) is 4. The van der Waals surface area contributed by atoms with Gasteiger partial charge < -0.3 is 15.2 Å². The number of nitrogens with zero attached hydrogens (tertiary/aromatic N) is 1. The van der Waals surface area contributed by atoms with Gasteiger partial charge in [0.15, 0.2) is 0 Å². The summed E-state index contributed by atoms with van der Waals surface area (Å²) in [6, 6.07) is 6.09. The lowest BCUT2D eigenvalue weighted by molar-refractivity contribution is 0.113. The van der Waals surface area contributed by atoms with Crippen molar-refractivity contribution in [2.45, 2.75) is 26.8 Å². The Kier molecular flexibility index (Phi) is 7.59. The van der Waals surface area contributed by atoms with Crippen molar-refractivity contribution in [3.8, 4) is 5.75 Å². The van der Waals surface area contributed by atoms with Gasteiger partial charge in [0.05, 0.1) is 13.7 Å². The topological polar surface area (TPSA) is 47.7 Å². The van der Waals surface area contributed by atoms with Crippen LogP contribution in [0.3, 0.4) is 0 Å². The molecule has 0 spiro atoms. The van der Waals surface area contributed by atoms with Crippen LogP contribution >= 0.6 is 0 Å². The average Bonchev–Trinajstić information content (AvgIpc) is 2.46. The van der Waals surface area contributed by atoms with E-state index in [0.717, 1.165) is 44.2 Å². The zero-order valence-corrected chi connectivity index (χ0v) is 13.2. The van der Waals surface area contributed by atoms with Gasteiger partial charge in [-0.2, -0.15) is 0 Å². The van der Waals surface area contributed by atoms with Crippen LogP contribution in [0, 0.1) is 6.92 Å². The van der Waals surface area contributed by atoms with Gasteiger partial charge in [0.2, 0.25) is 0 Å². The van der Waals surface area contributed by atoms with Gasteiger partial charge in [-0.25, -0.2) is 0 Å². The molecule has 0 aliphatic heterocycles. The van der Waals surface area contributed by atoms with E-state index in [2.05, 4.69) is 24.8 Å². The molecule has 0 saturated carbocycles. The molecule has 2 N–H and O–H groups in total. The summed E-state index contributed by atoms with van der Waals surface area (Å²) < 4.78 is 10.8. The molecule has 0 amide bonds. The van der Waals surface area contributed by atoms with Crippen LogP contribution in [-0.4, -0.2) is 44.9 Å². The number of rotatable bonds is 9. The summed E-state index contributed by atoms with van der Waals surface area (Å²) in [4.78, 5) is 2.31. The highest BCUT2D eigenvalue weighted by atomic mass is 16.5. The molecule has 0 aromatic heterocycles. The van der Waals surface area contributed by atoms with Gasteiger partial charge in [0, 0.05) is 31.3 Å². The SMILES string of the molecule is CCOCCN(CC)CC(N)c1cc(C)ccc1OC. The Bertz CT molecular complexity index is 396. The molecule has 1 unspecified atom stereocenters. The van der Waals surface area contributed by atoms with Crippen LogP contribution in [0.25, 0.3) is 0 Å². The maximum atomic E-state index is 6.36. The van der Waals surface area contributed by atoms with E-state index in [1.165, 1.54) is 5.56 Å². The standard InChI is InChI=1S/C16H28N2O2/c1-5-18(9-10-20-6-2)12-15(17)14-11-13(3)7-8-16(14)19-4/h7-8,11,15H,5-6,9-10,12,17H2,1-4H3. The lowest BCUT2D eigenvalue weighted by Gasteiger charge is -2.25. The van der Waals surface area contributed by atoms with Gasteiger partial charge in [-0.3, -0.25) is 4.90 Å². The largest absolute Gasteiger partial charge is 0.496 e. The van der Waals surface area contributed by atoms with Crippen LogP contribution < -0.4 is 10.5 Å². The van der Waals surface area contributed by atoms with Crippen LogP contribution in [0.5, 0.6) is 5.75 Å². The predicted molar refractivity (Wildman–Crippen MR) is 83.3 cm³/mol. The van der Waals surface area contributed by atoms with E-state index in [9.17, 15) is 0 Å². The van der Waals surface area contributed by atoms with E-state index >= 15 is 0 Å². The van der Waals surface area contributed by atoms with Crippen molar-refractivity contribution >= 4 is 0 Å². The first-order valence-electron chi connectivity index (χ1n) is 7.32. The Morgan fingerprint density at radius 3 is 2.65 bits per heavy atom. The maximum absolute atomic E-state index is 6.36. The summed E-state index contributed by atoms with van der Waals surface area (Å²) in [5, 5.41) is 0. The summed E-state index contributed by atoms with van der Waals surface area (Å²) >= 11 is 0. The van der Waals surface area contributed by atoms with Gasteiger partial charge in [-0.15, -0.1) is 0 Å². The van der Waals surface area contributed by atoms with Crippen molar-refractivity contribution in [1.29, 1.82) is 0 Å². The molecule has 20 heavy (non-hydrogen) atoms. The van der Waals surface area contributed by atoms with Crippen LogP contribution in [0.4, 0.5) is 0 Å². The molecule has 4 heteroatoms. The Morgan fingerprint density at radius 1 is 1.30 bits per heavy atom. The van der Waals surface area contributed by atoms with Crippen LogP contribution in [-0.2, 0) is 4.74 Å². The lowest BCUT2D eigenvalue weighted by atomic mass is 10.0. The van der Waals surface area contributed by atoms with Crippen molar-refractivity contribution < 1.29 is 9.47 Å². The summed E-state index contributed by atoms with van der Waals surface area (Å²) in [5.41, 5.74) is 8.63. The monoisotopic (exact) mass is 280 g/mol. The van der Waals surface area contributed by atoms with Crippen LogP contribution in [0.1, 0.15) is 31.0 Å². The van der Waals surface area contributed by atoms with E-state index in [-0.39, 0.29) is 6.04 Å². The van der Waals surface area contributed by atoms with Gasteiger partial charge >= 0.3 is 0 Å².